The maximum absolute atomic E-state index is 12.2. The van der Waals surface area contributed by atoms with E-state index in [0.29, 0.717) is 11.3 Å². The Hall–Kier alpha value is -0.350. The number of alkyl halides is 3. The summed E-state index contributed by atoms with van der Waals surface area (Å²) in [7, 11) is 6.32. The van der Waals surface area contributed by atoms with E-state index in [2.05, 4.69) is 0 Å². The number of benzene rings is 1. The van der Waals surface area contributed by atoms with Crippen LogP contribution in [0.5, 0.6) is 0 Å². The Morgan fingerprint density at radius 2 is 2.00 bits per heavy atom. The van der Waals surface area contributed by atoms with Gasteiger partial charge >= 0.3 is 6.18 Å². The summed E-state index contributed by atoms with van der Waals surface area (Å²) in [5, 5.41) is 0. The lowest BCUT2D eigenvalue weighted by atomic mass is 0.881. The average molecular weight is 196 g/mol. The molecule has 0 heterocycles. The van der Waals surface area contributed by atoms with Crippen LogP contribution in [-0.4, -0.2) is 0 Å². The molecule has 1 aromatic carbocycles. The van der Waals surface area contributed by atoms with Crippen LogP contribution in [0.25, 0.3) is 0 Å². The van der Waals surface area contributed by atoms with Gasteiger partial charge in [0.15, 0.2) is 0 Å². The van der Waals surface area contributed by atoms with Crippen molar-refractivity contribution >= 4 is 21.7 Å². The fourth-order valence-corrected chi connectivity index (χ4v) is 1.58. The van der Waals surface area contributed by atoms with Crippen molar-refractivity contribution in [1.82, 2.24) is 0 Å². The maximum Gasteiger partial charge on any atom is 0.416 e. The quantitative estimate of drug-likeness (QED) is 0.685. The Morgan fingerprint density at radius 3 is 2.54 bits per heavy atom. The molecule has 5 heteroatoms. The third kappa shape index (κ3) is 3.12. The van der Waals surface area contributed by atoms with E-state index in [1.54, 1.807) is 6.07 Å². The molecule has 72 valence electrons. The monoisotopic (exact) mass is 195 g/mol. The average Bonchev–Trinajstić information content (AvgIpc) is 2.04. The van der Waals surface area contributed by atoms with Gasteiger partial charge < -0.3 is 0 Å². The summed E-state index contributed by atoms with van der Waals surface area (Å²) >= 11 is 0. The molecule has 0 bridgehead atoms. The minimum atomic E-state index is -4.27. The van der Waals surface area contributed by atoms with Crippen molar-refractivity contribution in [1.29, 1.82) is 0 Å². The van der Waals surface area contributed by atoms with E-state index in [9.17, 15) is 13.2 Å². The van der Waals surface area contributed by atoms with Gasteiger partial charge in [0.2, 0.25) is 0 Å². The smallest absolute Gasteiger partial charge is 0.166 e. The normalized spacial score (nSPS) is 11.7. The molecule has 0 unspecified atom stereocenters. The summed E-state index contributed by atoms with van der Waals surface area (Å²) in [5.41, 5.74) is -0.0504. The SMILES string of the molecule is FC(F)(F)c1cccc(C[1S]Cl)c1. The van der Waals surface area contributed by atoms with E-state index >= 15 is 0 Å². The minimum Gasteiger partial charge on any atom is -0.166 e. The first kappa shape index (κ1) is 10.7. The fraction of sp³-hybridized carbons (Fsp3) is 0.250. The molecule has 0 N–H and O–H groups in total. The van der Waals surface area contributed by atoms with E-state index in [1.807, 2.05) is 0 Å². The van der Waals surface area contributed by atoms with Crippen LogP contribution in [0.4, 0.5) is 13.2 Å². The second-order valence-electron chi connectivity index (χ2n) is 2.45. The highest BCUT2D eigenvalue weighted by atomic mass is 35.5. The lowest BCUT2D eigenvalue weighted by Crippen LogP contribution is -2.04. The van der Waals surface area contributed by atoms with Crippen molar-refractivity contribution in [3.63, 3.8) is 0 Å². The molecule has 0 aliphatic rings. The van der Waals surface area contributed by atoms with E-state index in [-0.39, 0.29) is 0 Å². The summed E-state index contributed by atoms with van der Waals surface area (Å²) in [5.74, 6) is 0.380. The fourth-order valence-electron chi connectivity index (χ4n) is 0.900. The molecule has 1 rings (SSSR count). The van der Waals surface area contributed by atoms with E-state index in [1.165, 1.54) is 6.07 Å². The van der Waals surface area contributed by atoms with Crippen LogP contribution >= 0.6 is 21.7 Å². The molecule has 0 aliphatic heterocycles. The van der Waals surface area contributed by atoms with Gasteiger partial charge in [0.05, 0.1) is 5.56 Å². The first-order valence-electron chi connectivity index (χ1n) is 3.43. The Morgan fingerprint density at radius 1 is 1.31 bits per heavy atom. The second kappa shape index (κ2) is 4.24. The van der Waals surface area contributed by atoms with Crippen LogP contribution in [0.3, 0.4) is 0 Å². The predicted octanol–water partition coefficient (Wildman–Crippen LogP) is 4.09. The molecule has 0 atom stereocenters. The molecular formula is C8H6ClF3S. The zero-order valence-corrected chi connectivity index (χ0v) is 8.01. The van der Waals surface area contributed by atoms with Gasteiger partial charge in [-0.25, -0.2) is 0 Å². The van der Waals surface area contributed by atoms with Crippen molar-refractivity contribution in [2.45, 2.75) is 11.9 Å². The van der Waals surface area contributed by atoms with Crippen LogP contribution in [0.2, 0.25) is 0 Å². The van der Waals surface area contributed by atoms with Gasteiger partial charge in [0.1, 0.15) is 0 Å². The number of halogens is 4. The van der Waals surface area contributed by atoms with Crippen molar-refractivity contribution in [2.75, 3.05) is 0 Å². The molecule has 0 aromatic heterocycles. The summed E-state index contributed by atoms with van der Waals surface area (Å²) in [6, 6.07) is 5.15. The number of rotatable bonds is 2. The van der Waals surface area contributed by atoms with Gasteiger partial charge in [-0.1, -0.05) is 29.2 Å². The van der Waals surface area contributed by atoms with Gasteiger partial charge in [-0.05, 0) is 22.3 Å². The highest BCUT2D eigenvalue weighted by Crippen LogP contribution is 2.30. The zero-order valence-electron chi connectivity index (χ0n) is 6.44. The molecule has 0 radical (unpaired) electrons. The lowest BCUT2D eigenvalue weighted by molar-refractivity contribution is -0.137. The summed E-state index contributed by atoms with van der Waals surface area (Å²) in [6.07, 6.45) is -4.27. The predicted molar refractivity (Wildman–Crippen MR) is 48.6 cm³/mol. The first-order valence-corrected chi connectivity index (χ1v) is 5.25. The molecule has 0 spiro atoms. The highest BCUT2D eigenvalue weighted by Gasteiger charge is 2.30. The Bertz CT molecular complexity index is 285. The topological polar surface area (TPSA) is 0 Å². The van der Waals surface area contributed by atoms with Gasteiger partial charge in [0.25, 0.3) is 0 Å². The van der Waals surface area contributed by atoms with Crippen molar-refractivity contribution < 1.29 is 13.2 Å². The van der Waals surface area contributed by atoms with Gasteiger partial charge in [-0.2, -0.15) is 13.2 Å². The van der Waals surface area contributed by atoms with Gasteiger partial charge in [-0.15, -0.1) is 0 Å². The summed E-state index contributed by atoms with van der Waals surface area (Å²) in [6.45, 7) is 0. The van der Waals surface area contributed by atoms with Crippen LogP contribution < -0.4 is 0 Å². The van der Waals surface area contributed by atoms with Crippen molar-refractivity contribution in [3.05, 3.63) is 35.4 Å². The molecule has 0 aliphatic carbocycles. The van der Waals surface area contributed by atoms with E-state index in [4.69, 9.17) is 10.7 Å². The van der Waals surface area contributed by atoms with Crippen LogP contribution in [0.15, 0.2) is 24.3 Å². The molecule has 0 nitrogen and oxygen atoms in total. The maximum atomic E-state index is 12.2. The number of hydrogen-bond donors (Lipinski definition) is 0. The van der Waals surface area contributed by atoms with Gasteiger partial charge in [0, 0.05) is 5.75 Å². The standard InChI is InChI=1S/C8H6ClF3S/c9-13-5-6-2-1-3-7(4-6)8(10,11)12/h1-4H,5H2/i13-31. The summed E-state index contributed by atoms with van der Waals surface area (Å²) < 4.78 is 36.5. The molecule has 0 saturated heterocycles. The van der Waals surface area contributed by atoms with E-state index in [0.717, 1.165) is 23.1 Å². The molecule has 0 saturated carbocycles. The lowest BCUT2D eigenvalue weighted by Gasteiger charge is -2.07. The van der Waals surface area contributed by atoms with Gasteiger partial charge in [-0.3, -0.25) is 0 Å². The van der Waals surface area contributed by atoms with E-state index < -0.39 is 11.7 Å². The van der Waals surface area contributed by atoms with Crippen LogP contribution in [0, 0.1) is 0 Å². The molecule has 0 amide bonds. The Labute approximate surface area is 82.6 Å². The van der Waals surface area contributed by atoms with Crippen molar-refractivity contribution in [3.8, 4) is 0 Å². The summed E-state index contributed by atoms with van der Waals surface area (Å²) in [4.78, 5) is 0. The molecule has 13 heavy (non-hydrogen) atoms. The minimum absolute atomic E-state index is 0.380. The molecular weight excluding hydrogens is 190 g/mol. The molecule has 1 aromatic rings. The highest BCUT2D eigenvalue weighted by molar-refractivity contribution is 8.20. The Kier molecular flexibility index (Phi) is 3.50. The zero-order chi connectivity index (χ0) is 9.90. The third-order valence-corrected chi connectivity index (χ3v) is 2.25. The largest absolute Gasteiger partial charge is 0.416 e. The second-order valence-corrected chi connectivity index (χ2v) is 3.61. The Balaban J connectivity index is 2.92. The number of hydrogen-bond acceptors (Lipinski definition) is 1. The van der Waals surface area contributed by atoms with Crippen LogP contribution in [0.1, 0.15) is 11.1 Å². The first-order chi connectivity index (χ1) is 6.04. The van der Waals surface area contributed by atoms with Crippen LogP contribution in [-0.2, 0) is 11.9 Å². The molecule has 0 fully saturated rings. The third-order valence-electron chi connectivity index (χ3n) is 1.48. The van der Waals surface area contributed by atoms with Crippen molar-refractivity contribution in [2.24, 2.45) is 0 Å².